The summed E-state index contributed by atoms with van der Waals surface area (Å²) in [6.45, 7) is 2.29. The average Bonchev–Trinajstić information content (AvgIpc) is 3.23. The Bertz CT molecular complexity index is 220. The molecule has 0 radical (unpaired) electrons. The number of rotatable bonds is 15. The van der Waals surface area contributed by atoms with Crippen LogP contribution in [-0.2, 0) is 4.74 Å². The van der Waals surface area contributed by atoms with Crippen molar-refractivity contribution in [3.63, 3.8) is 0 Å². The van der Waals surface area contributed by atoms with Gasteiger partial charge in [-0.1, -0.05) is 90.4 Å². The maximum Gasteiger partial charge on any atom is 0.138 e. The molecule has 0 fully saturated rings. The van der Waals surface area contributed by atoms with Gasteiger partial charge >= 0.3 is 0 Å². The number of ether oxygens (including phenoxy) is 1. The molecule has 0 aromatic rings. The summed E-state index contributed by atoms with van der Waals surface area (Å²) in [5.74, 6) is 1.22. The SMILES string of the molecule is CCCCCCCCCCCCCCCCC1=CO1. The third-order valence-corrected chi connectivity index (χ3v) is 4.06. The second-order valence-corrected chi connectivity index (χ2v) is 6.05. The predicted octanol–water partition coefficient (Wildman–Crippen LogP) is 6.73. The van der Waals surface area contributed by atoms with Crippen LogP contribution in [-0.4, -0.2) is 0 Å². The molecule has 1 nitrogen and oxygen atoms in total. The quantitative estimate of drug-likeness (QED) is 0.299. The second kappa shape index (κ2) is 12.6. The molecule has 112 valence electrons. The molecule has 0 N–H and O–H groups in total. The van der Waals surface area contributed by atoms with Crippen molar-refractivity contribution >= 4 is 0 Å². The molecule has 0 aromatic heterocycles. The first-order valence-electron chi connectivity index (χ1n) is 8.79. The van der Waals surface area contributed by atoms with Crippen molar-refractivity contribution < 1.29 is 4.74 Å². The Kier molecular flexibility index (Phi) is 11.0. The largest absolute Gasteiger partial charge is 0.463 e. The van der Waals surface area contributed by atoms with Gasteiger partial charge in [0.25, 0.3) is 0 Å². The maximum atomic E-state index is 5.01. The highest BCUT2D eigenvalue weighted by Crippen LogP contribution is 2.21. The summed E-state index contributed by atoms with van der Waals surface area (Å²) in [5, 5.41) is 0. The molecule has 0 aliphatic carbocycles. The molecule has 19 heavy (non-hydrogen) atoms. The van der Waals surface area contributed by atoms with E-state index in [1.54, 1.807) is 0 Å². The number of hydrogen-bond donors (Lipinski definition) is 0. The van der Waals surface area contributed by atoms with E-state index in [-0.39, 0.29) is 0 Å². The zero-order chi connectivity index (χ0) is 13.6. The van der Waals surface area contributed by atoms with Crippen LogP contribution in [0.2, 0.25) is 0 Å². The van der Waals surface area contributed by atoms with E-state index in [0.29, 0.717) is 0 Å². The summed E-state index contributed by atoms with van der Waals surface area (Å²) < 4.78 is 5.01. The van der Waals surface area contributed by atoms with Gasteiger partial charge in [0.05, 0.1) is 0 Å². The highest BCUT2D eigenvalue weighted by molar-refractivity contribution is 5.01. The molecule has 1 heteroatoms. The van der Waals surface area contributed by atoms with E-state index < -0.39 is 0 Å². The fraction of sp³-hybridized carbons (Fsp3) is 0.889. The molecular formula is C18H34O. The Morgan fingerprint density at radius 1 is 0.632 bits per heavy atom. The van der Waals surface area contributed by atoms with Crippen LogP contribution in [0.4, 0.5) is 0 Å². The Morgan fingerprint density at radius 2 is 1.00 bits per heavy atom. The van der Waals surface area contributed by atoms with Crippen LogP contribution in [0.1, 0.15) is 103 Å². The molecule has 0 atom stereocenters. The summed E-state index contributed by atoms with van der Waals surface area (Å²) in [7, 11) is 0. The molecule has 1 aliphatic rings. The van der Waals surface area contributed by atoms with E-state index in [4.69, 9.17) is 4.74 Å². The van der Waals surface area contributed by atoms with Crippen molar-refractivity contribution in [1.29, 1.82) is 0 Å². The van der Waals surface area contributed by atoms with Gasteiger partial charge in [0.1, 0.15) is 12.0 Å². The van der Waals surface area contributed by atoms with Gasteiger partial charge in [-0.2, -0.15) is 0 Å². The molecule has 0 aromatic carbocycles. The van der Waals surface area contributed by atoms with Crippen molar-refractivity contribution in [2.45, 2.75) is 103 Å². The van der Waals surface area contributed by atoms with Crippen LogP contribution in [0.5, 0.6) is 0 Å². The van der Waals surface area contributed by atoms with Gasteiger partial charge in [-0.3, -0.25) is 0 Å². The summed E-state index contributed by atoms with van der Waals surface area (Å²) >= 11 is 0. The summed E-state index contributed by atoms with van der Waals surface area (Å²) in [5.41, 5.74) is 0. The Hall–Kier alpha value is -0.460. The lowest BCUT2D eigenvalue weighted by atomic mass is 10.0. The minimum absolute atomic E-state index is 1.18. The monoisotopic (exact) mass is 266 g/mol. The molecule has 1 rings (SSSR count). The molecular weight excluding hydrogens is 232 g/mol. The van der Waals surface area contributed by atoms with Crippen molar-refractivity contribution in [1.82, 2.24) is 0 Å². The smallest absolute Gasteiger partial charge is 0.138 e. The van der Waals surface area contributed by atoms with E-state index in [9.17, 15) is 0 Å². The molecule has 1 heterocycles. The van der Waals surface area contributed by atoms with Crippen LogP contribution < -0.4 is 0 Å². The third kappa shape index (κ3) is 12.3. The maximum absolute atomic E-state index is 5.01. The van der Waals surface area contributed by atoms with Crippen molar-refractivity contribution in [3.05, 3.63) is 12.0 Å². The number of hydrogen-bond acceptors (Lipinski definition) is 1. The summed E-state index contributed by atoms with van der Waals surface area (Å²) in [6, 6.07) is 0. The first kappa shape index (κ1) is 16.6. The molecule has 1 aliphatic heterocycles. The number of unbranched alkanes of at least 4 members (excludes halogenated alkanes) is 13. The van der Waals surface area contributed by atoms with E-state index in [2.05, 4.69) is 6.92 Å². The predicted molar refractivity (Wildman–Crippen MR) is 84.1 cm³/mol. The van der Waals surface area contributed by atoms with Crippen LogP contribution in [0.15, 0.2) is 12.0 Å². The van der Waals surface area contributed by atoms with Gasteiger partial charge < -0.3 is 4.74 Å². The van der Waals surface area contributed by atoms with E-state index in [1.165, 1.54) is 102 Å². The van der Waals surface area contributed by atoms with Crippen LogP contribution in [0.25, 0.3) is 0 Å². The highest BCUT2D eigenvalue weighted by Gasteiger charge is 2.07. The molecule has 0 saturated carbocycles. The normalized spacial score (nSPS) is 13.2. The van der Waals surface area contributed by atoms with Crippen LogP contribution >= 0.6 is 0 Å². The van der Waals surface area contributed by atoms with Crippen molar-refractivity contribution in [2.75, 3.05) is 0 Å². The van der Waals surface area contributed by atoms with Gasteiger partial charge in [-0.15, -0.1) is 0 Å². The van der Waals surface area contributed by atoms with Crippen molar-refractivity contribution in [3.8, 4) is 0 Å². The highest BCUT2D eigenvalue weighted by atomic mass is 16.5. The van der Waals surface area contributed by atoms with Crippen LogP contribution in [0, 0.1) is 0 Å². The van der Waals surface area contributed by atoms with Gasteiger partial charge in [-0.25, -0.2) is 0 Å². The molecule has 0 amide bonds. The van der Waals surface area contributed by atoms with Crippen LogP contribution in [0.3, 0.4) is 0 Å². The molecule has 0 spiro atoms. The van der Waals surface area contributed by atoms with Gasteiger partial charge in [-0.05, 0) is 6.42 Å². The summed E-state index contributed by atoms with van der Waals surface area (Å²) in [6.07, 6.45) is 23.1. The third-order valence-electron chi connectivity index (χ3n) is 4.06. The standard InChI is InChI=1S/C18H34O/c1-2-3-4-5-6-7-8-9-10-11-12-13-14-15-16-18-17-19-18/h17H,2-16H2,1H3. The topological polar surface area (TPSA) is 12.5 Å². The second-order valence-electron chi connectivity index (χ2n) is 6.05. The minimum atomic E-state index is 1.18. The minimum Gasteiger partial charge on any atom is -0.463 e. The van der Waals surface area contributed by atoms with Gasteiger partial charge in [0.2, 0.25) is 0 Å². The average molecular weight is 266 g/mol. The lowest BCUT2D eigenvalue weighted by Gasteiger charge is -2.02. The summed E-state index contributed by atoms with van der Waals surface area (Å²) in [4.78, 5) is 0. The van der Waals surface area contributed by atoms with E-state index in [1.807, 2.05) is 6.26 Å². The van der Waals surface area contributed by atoms with E-state index >= 15 is 0 Å². The lowest BCUT2D eigenvalue weighted by molar-refractivity contribution is 0.469. The molecule has 0 bridgehead atoms. The zero-order valence-electron chi connectivity index (χ0n) is 13.1. The Labute approximate surface area is 120 Å². The zero-order valence-corrected chi connectivity index (χ0v) is 13.1. The Balaban J connectivity index is 1.61. The lowest BCUT2D eigenvalue weighted by Crippen LogP contribution is -1.83. The number of allylic oxidation sites excluding steroid dienone is 1. The van der Waals surface area contributed by atoms with Gasteiger partial charge in [0, 0.05) is 6.42 Å². The fourth-order valence-corrected chi connectivity index (χ4v) is 2.65. The Morgan fingerprint density at radius 3 is 1.37 bits per heavy atom. The first-order chi connectivity index (χ1) is 9.43. The van der Waals surface area contributed by atoms with Gasteiger partial charge in [0.15, 0.2) is 0 Å². The van der Waals surface area contributed by atoms with E-state index in [0.717, 1.165) is 0 Å². The fourth-order valence-electron chi connectivity index (χ4n) is 2.65. The molecule has 0 saturated heterocycles. The first-order valence-corrected chi connectivity index (χ1v) is 8.79. The molecule has 0 unspecified atom stereocenters. The van der Waals surface area contributed by atoms with Crippen molar-refractivity contribution in [2.24, 2.45) is 0 Å².